The predicted octanol–water partition coefficient (Wildman–Crippen LogP) is 4.74. The van der Waals surface area contributed by atoms with E-state index >= 15 is 0 Å². The Morgan fingerprint density at radius 1 is 1.21 bits per heavy atom. The molecule has 0 saturated heterocycles. The molecule has 1 fully saturated rings. The lowest BCUT2D eigenvalue weighted by Gasteiger charge is -2.42. The summed E-state index contributed by atoms with van der Waals surface area (Å²) in [6.45, 7) is 14.3. The van der Waals surface area contributed by atoms with E-state index in [4.69, 9.17) is 0 Å². The summed E-state index contributed by atoms with van der Waals surface area (Å²) in [5.74, 6) is 3.88. The highest BCUT2D eigenvalue weighted by atomic mass is 14.4. The fourth-order valence-corrected chi connectivity index (χ4v) is 2.45. The predicted molar refractivity (Wildman–Crippen MR) is 64.3 cm³/mol. The molecule has 1 aliphatic carbocycles. The maximum absolute atomic E-state index is 2.43. The summed E-state index contributed by atoms with van der Waals surface area (Å²) in [7, 11) is 0. The Labute approximate surface area is 90.5 Å². The second-order valence-corrected chi connectivity index (χ2v) is 6.68. The van der Waals surface area contributed by atoms with E-state index in [0.717, 1.165) is 23.7 Å². The molecule has 0 nitrogen and oxygen atoms in total. The fraction of sp³-hybridized carbons (Fsp3) is 1.00. The molecule has 0 aromatic carbocycles. The third-order valence-corrected chi connectivity index (χ3v) is 4.76. The van der Waals surface area contributed by atoms with Crippen LogP contribution in [0.2, 0.25) is 0 Å². The molecule has 4 atom stereocenters. The molecule has 14 heavy (non-hydrogen) atoms. The van der Waals surface area contributed by atoms with Gasteiger partial charge in [-0.3, -0.25) is 0 Å². The summed E-state index contributed by atoms with van der Waals surface area (Å²) in [5, 5.41) is 0. The lowest BCUT2D eigenvalue weighted by Crippen LogP contribution is -2.33. The molecule has 0 amide bonds. The van der Waals surface area contributed by atoms with Gasteiger partial charge in [0.2, 0.25) is 0 Å². The van der Waals surface area contributed by atoms with Crippen molar-refractivity contribution in [2.24, 2.45) is 29.1 Å². The Balaban J connectivity index is 2.22. The molecule has 0 spiro atoms. The van der Waals surface area contributed by atoms with Crippen LogP contribution in [0, 0.1) is 29.1 Å². The van der Waals surface area contributed by atoms with Crippen LogP contribution < -0.4 is 0 Å². The van der Waals surface area contributed by atoms with Crippen molar-refractivity contribution in [3.05, 3.63) is 0 Å². The molecular weight excluding hydrogens is 168 g/mol. The van der Waals surface area contributed by atoms with Crippen LogP contribution in [0.3, 0.4) is 0 Å². The average Bonchev–Trinajstić information content (AvgIpc) is 2.09. The van der Waals surface area contributed by atoms with E-state index in [9.17, 15) is 0 Å². The minimum atomic E-state index is 0.499. The van der Waals surface area contributed by atoms with Gasteiger partial charge in [0.05, 0.1) is 0 Å². The van der Waals surface area contributed by atoms with Gasteiger partial charge in [-0.1, -0.05) is 41.5 Å². The van der Waals surface area contributed by atoms with Crippen LogP contribution in [0.1, 0.15) is 60.8 Å². The van der Waals surface area contributed by atoms with Crippen molar-refractivity contribution in [3.8, 4) is 0 Å². The fourth-order valence-electron chi connectivity index (χ4n) is 2.45. The highest BCUT2D eigenvalue weighted by molar-refractivity contribution is 4.84. The number of hydrogen-bond acceptors (Lipinski definition) is 0. The Morgan fingerprint density at radius 3 is 2.14 bits per heavy atom. The van der Waals surface area contributed by atoms with Gasteiger partial charge in [-0.05, 0) is 48.3 Å². The molecule has 1 aliphatic rings. The first kappa shape index (κ1) is 12.1. The third-order valence-electron chi connectivity index (χ3n) is 4.76. The molecule has 0 aromatic heterocycles. The van der Waals surface area contributed by atoms with Gasteiger partial charge in [-0.15, -0.1) is 0 Å². The molecule has 0 bridgehead atoms. The molecule has 0 heteroatoms. The molecule has 4 unspecified atom stereocenters. The van der Waals surface area contributed by atoms with Gasteiger partial charge < -0.3 is 0 Å². The van der Waals surface area contributed by atoms with E-state index in [1.807, 2.05) is 0 Å². The SMILES string of the molecule is CC1CC(CCC(C)C(C)(C)C)C1C. The van der Waals surface area contributed by atoms with E-state index in [1.165, 1.54) is 19.3 Å². The maximum atomic E-state index is 2.43. The van der Waals surface area contributed by atoms with Crippen LogP contribution in [0.4, 0.5) is 0 Å². The first-order valence-corrected chi connectivity index (χ1v) is 6.32. The van der Waals surface area contributed by atoms with Gasteiger partial charge in [-0.2, -0.15) is 0 Å². The lowest BCUT2D eigenvalue weighted by atomic mass is 9.64. The minimum absolute atomic E-state index is 0.499. The van der Waals surface area contributed by atoms with Crippen molar-refractivity contribution < 1.29 is 0 Å². The normalized spacial score (nSPS) is 35.1. The zero-order valence-corrected chi connectivity index (χ0v) is 10.9. The molecule has 0 aromatic rings. The zero-order chi connectivity index (χ0) is 10.9. The standard InChI is InChI=1S/C14H28/c1-10-9-13(12(10)3)8-7-11(2)14(4,5)6/h10-13H,7-9H2,1-6H3. The molecule has 84 valence electrons. The Hall–Kier alpha value is 0. The quantitative estimate of drug-likeness (QED) is 0.611. The molecule has 0 aliphatic heterocycles. The first-order chi connectivity index (χ1) is 6.32. The van der Waals surface area contributed by atoms with Crippen LogP contribution in [-0.2, 0) is 0 Å². The maximum Gasteiger partial charge on any atom is -0.0357 e. The van der Waals surface area contributed by atoms with E-state index in [2.05, 4.69) is 41.5 Å². The van der Waals surface area contributed by atoms with E-state index < -0.39 is 0 Å². The molecule has 1 rings (SSSR count). The molecule has 1 saturated carbocycles. The second kappa shape index (κ2) is 4.24. The van der Waals surface area contributed by atoms with E-state index in [1.54, 1.807) is 0 Å². The van der Waals surface area contributed by atoms with Crippen LogP contribution in [0.25, 0.3) is 0 Å². The second-order valence-electron chi connectivity index (χ2n) is 6.68. The van der Waals surface area contributed by atoms with Crippen molar-refractivity contribution >= 4 is 0 Å². The van der Waals surface area contributed by atoms with E-state index in [-0.39, 0.29) is 0 Å². The topological polar surface area (TPSA) is 0 Å². The van der Waals surface area contributed by atoms with Gasteiger partial charge in [0.25, 0.3) is 0 Å². The smallest absolute Gasteiger partial charge is 0.0357 e. The zero-order valence-electron chi connectivity index (χ0n) is 10.9. The Kier molecular flexibility index (Phi) is 3.66. The Morgan fingerprint density at radius 2 is 1.79 bits per heavy atom. The highest BCUT2D eigenvalue weighted by Crippen LogP contribution is 2.43. The molecule has 0 radical (unpaired) electrons. The Bertz CT molecular complexity index is 175. The largest absolute Gasteiger partial charge is 0.0622 e. The summed E-state index contributed by atoms with van der Waals surface area (Å²) >= 11 is 0. The van der Waals surface area contributed by atoms with Crippen LogP contribution in [0.15, 0.2) is 0 Å². The number of rotatable bonds is 3. The van der Waals surface area contributed by atoms with Crippen molar-refractivity contribution in [1.82, 2.24) is 0 Å². The molecule has 0 heterocycles. The summed E-state index contributed by atoms with van der Waals surface area (Å²) in [5.41, 5.74) is 0.499. The van der Waals surface area contributed by atoms with Crippen LogP contribution in [0.5, 0.6) is 0 Å². The van der Waals surface area contributed by atoms with Crippen molar-refractivity contribution in [1.29, 1.82) is 0 Å². The summed E-state index contributed by atoms with van der Waals surface area (Å²) < 4.78 is 0. The lowest BCUT2D eigenvalue weighted by molar-refractivity contribution is 0.0812. The van der Waals surface area contributed by atoms with Gasteiger partial charge >= 0.3 is 0 Å². The van der Waals surface area contributed by atoms with Gasteiger partial charge in [0.15, 0.2) is 0 Å². The molecular formula is C14H28. The van der Waals surface area contributed by atoms with Gasteiger partial charge in [-0.25, -0.2) is 0 Å². The summed E-state index contributed by atoms with van der Waals surface area (Å²) in [4.78, 5) is 0. The van der Waals surface area contributed by atoms with Crippen LogP contribution in [-0.4, -0.2) is 0 Å². The number of hydrogen-bond donors (Lipinski definition) is 0. The third kappa shape index (κ3) is 2.74. The average molecular weight is 196 g/mol. The summed E-state index contributed by atoms with van der Waals surface area (Å²) in [6, 6.07) is 0. The monoisotopic (exact) mass is 196 g/mol. The van der Waals surface area contributed by atoms with Crippen LogP contribution >= 0.6 is 0 Å². The molecule has 0 N–H and O–H groups in total. The van der Waals surface area contributed by atoms with Gasteiger partial charge in [0.1, 0.15) is 0 Å². The summed E-state index contributed by atoms with van der Waals surface area (Å²) in [6.07, 6.45) is 4.37. The first-order valence-electron chi connectivity index (χ1n) is 6.32. The van der Waals surface area contributed by atoms with Gasteiger partial charge in [0, 0.05) is 0 Å². The van der Waals surface area contributed by atoms with Crippen molar-refractivity contribution in [2.75, 3.05) is 0 Å². The highest BCUT2D eigenvalue weighted by Gasteiger charge is 2.34. The minimum Gasteiger partial charge on any atom is -0.0622 e. The van der Waals surface area contributed by atoms with Crippen molar-refractivity contribution in [3.63, 3.8) is 0 Å². The van der Waals surface area contributed by atoms with E-state index in [0.29, 0.717) is 5.41 Å². The van der Waals surface area contributed by atoms with Crippen molar-refractivity contribution in [2.45, 2.75) is 60.8 Å².